The summed E-state index contributed by atoms with van der Waals surface area (Å²) in [6.45, 7) is 0. The monoisotopic (exact) mass is 651 g/mol. The summed E-state index contributed by atoms with van der Waals surface area (Å²) < 4.78 is 0. The highest BCUT2D eigenvalue weighted by Crippen LogP contribution is 2.56. The molecule has 1 aliphatic heterocycles. The number of anilines is 2. The minimum atomic E-state index is 0.225. The fraction of sp³-hybridized carbons (Fsp3) is 0.0417. The topological polar surface area (TPSA) is 29.0 Å². The zero-order valence-corrected chi connectivity index (χ0v) is 27.9. The normalized spacial score (nSPS) is 17.1. The van der Waals surface area contributed by atoms with Gasteiger partial charge in [-0.05, 0) is 69.4 Å². The van der Waals surface area contributed by atoms with Gasteiger partial charge in [-0.15, -0.1) is 0 Å². The number of benzene rings is 6. The van der Waals surface area contributed by atoms with Crippen LogP contribution in [0.25, 0.3) is 55.8 Å². The van der Waals surface area contributed by atoms with E-state index in [0.717, 1.165) is 39.3 Å². The fourth-order valence-corrected chi connectivity index (χ4v) is 8.04. The van der Waals surface area contributed by atoms with Gasteiger partial charge in [0.1, 0.15) is 0 Å². The van der Waals surface area contributed by atoms with Crippen molar-refractivity contribution in [3.05, 3.63) is 205 Å². The lowest BCUT2D eigenvalue weighted by molar-refractivity contribution is 0.654. The molecule has 2 aliphatic carbocycles. The van der Waals surface area contributed by atoms with E-state index in [9.17, 15) is 0 Å². The summed E-state index contributed by atoms with van der Waals surface area (Å²) >= 11 is 0. The molecule has 2 unspecified atom stereocenters. The quantitative estimate of drug-likeness (QED) is 0.185. The van der Waals surface area contributed by atoms with Crippen LogP contribution >= 0.6 is 0 Å². The molecule has 7 aromatic rings. The second-order valence-corrected chi connectivity index (χ2v) is 13.4. The minimum absolute atomic E-state index is 0.225. The van der Waals surface area contributed by atoms with Crippen LogP contribution in [0.5, 0.6) is 0 Å². The Morgan fingerprint density at radius 3 is 2.08 bits per heavy atom. The van der Waals surface area contributed by atoms with E-state index in [4.69, 9.17) is 9.97 Å². The molecule has 0 radical (unpaired) electrons. The lowest BCUT2D eigenvalue weighted by Crippen LogP contribution is -2.21. The largest absolute Gasteiger partial charge is 0.313 e. The minimum Gasteiger partial charge on any atom is -0.313 e. The van der Waals surface area contributed by atoms with Gasteiger partial charge >= 0.3 is 0 Å². The third-order valence-electron chi connectivity index (χ3n) is 10.4. The summed E-state index contributed by atoms with van der Waals surface area (Å²) in [6.07, 6.45) is 13.6. The Morgan fingerprint density at radius 1 is 0.510 bits per heavy atom. The molecule has 3 heteroatoms. The van der Waals surface area contributed by atoms with E-state index in [2.05, 4.69) is 181 Å². The molecule has 0 amide bonds. The van der Waals surface area contributed by atoms with Gasteiger partial charge in [0, 0.05) is 39.9 Å². The summed E-state index contributed by atoms with van der Waals surface area (Å²) in [5.74, 6) is 1.22. The van der Waals surface area contributed by atoms with Gasteiger partial charge in [0.25, 0.3) is 0 Å². The first-order valence-corrected chi connectivity index (χ1v) is 17.6. The van der Waals surface area contributed by atoms with E-state index in [-0.39, 0.29) is 11.8 Å². The van der Waals surface area contributed by atoms with Crippen molar-refractivity contribution in [1.29, 1.82) is 0 Å². The highest BCUT2D eigenvalue weighted by molar-refractivity contribution is 5.97. The van der Waals surface area contributed by atoms with Crippen molar-refractivity contribution in [3.8, 4) is 45.0 Å². The zero-order chi connectivity index (χ0) is 33.7. The van der Waals surface area contributed by atoms with E-state index < -0.39 is 0 Å². The van der Waals surface area contributed by atoms with Crippen LogP contribution in [-0.2, 0) is 0 Å². The van der Waals surface area contributed by atoms with E-state index in [1.807, 2.05) is 12.1 Å². The zero-order valence-electron chi connectivity index (χ0n) is 27.9. The Balaban J connectivity index is 1.13. The molecule has 2 heterocycles. The van der Waals surface area contributed by atoms with Crippen LogP contribution < -0.4 is 4.90 Å². The van der Waals surface area contributed by atoms with Gasteiger partial charge < -0.3 is 4.90 Å². The first-order valence-electron chi connectivity index (χ1n) is 17.6. The Hall–Kier alpha value is -6.58. The van der Waals surface area contributed by atoms with Gasteiger partial charge in [0.15, 0.2) is 5.82 Å². The van der Waals surface area contributed by atoms with Gasteiger partial charge in [-0.25, -0.2) is 9.97 Å². The second kappa shape index (κ2) is 12.1. The third-order valence-corrected chi connectivity index (χ3v) is 10.4. The molecule has 0 fully saturated rings. The molecule has 51 heavy (non-hydrogen) atoms. The van der Waals surface area contributed by atoms with Crippen LogP contribution in [0, 0.1) is 5.92 Å². The maximum atomic E-state index is 5.25. The molecule has 0 bridgehead atoms. The van der Waals surface area contributed by atoms with Crippen molar-refractivity contribution in [2.75, 3.05) is 4.90 Å². The first-order chi connectivity index (χ1) is 25.3. The van der Waals surface area contributed by atoms with Crippen LogP contribution in [-0.4, -0.2) is 9.97 Å². The fourth-order valence-electron chi connectivity index (χ4n) is 8.04. The van der Waals surface area contributed by atoms with Crippen LogP contribution in [0.2, 0.25) is 0 Å². The summed E-state index contributed by atoms with van der Waals surface area (Å²) in [7, 11) is 0. The van der Waals surface area contributed by atoms with E-state index in [0.29, 0.717) is 5.82 Å². The van der Waals surface area contributed by atoms with Gasteiger partial charge in [-0.3, -0.25) is 0 Å². The molecule has 0 N–H and O–H groups in total. The standard InChI is InChI=1S/C48H33N3/c1-3-13-32(14-4-1)36-19-11-21-38(29-36)48-49-42(35-17-5-2-6-18-35)31-43(50-48)37-20-12-22-39(30-37)51-44-27-25-33-15-7-9-23-40(33)46(44)47-41-24-10-8-16-34(41)26-28-45(47)51/h1-31,40,46H. The summed E-state index contributed by atoms with van der Waals surface area (Å²) in [6, 6.07) is 53.8. The van der Waals surface area contributed by atoms with Crippen LogP contribution in [0.4, 0.5) is 11.4 Å². The predicted octanol–water partition coefficient (Wildman–Crippen LogP) is 12.1. The molecular formula is C48H33N3. The van der Waals surface area contributed by atoms with Gasteiger partial charge in [-0.1, -0.05) is 152 Å². The van der Waals surface area contributed by atoms with E-state index in [1.165, 1.54) is 38.9 Å². The smallest absolute Gasteiger partial charge is 0.160 e. The highest BCUT2D eigenvalue weighted by atomic mass is 15.2. The average molecular weight is 652 g/mol. The van der Waals surface area contributed by atoms with Crippen LogP contribution in [0.1, 0.15) is 11.5 Å². The number of fused-ring (bicyclic) bond motifs is 7. The summed E-state index contributed by atoms with van der Waals surface area (Å²) in [5, 5.41) is 2.59. The number of hydrogen-bond donors (Lipinski definition) is 0. The lowest BCUT2D eigenvalue weighted by atomic mass is 9.75. The van der Waals surface area contributed by atoms with Crippen molar-refractivity contribution >= 4 is 22.1 Å². The van der Waals surface area contributed by atoms with Crippen molar-refractivity contribution in [3.63, 3.8) is 0 Å². The molecule has 240 valence electrons. The average Bonchev–Trinajstić information content (AvgIpc) is 3.57. The number of rotatable bonds is 5. The molecular weight excluding hydrogens is 619 g/mol. The van der Waals surface area contributed by atoms with Gasteiger partial charge in [0.05, 0.1) is 17.1 Å². The maximum Gasteiger partial charge on any atom is 0.160 e. The Bertz CT molecular complexity index is 2590. The second-order valence-electron chi connectivity index (χ2n) is 13.4. The SMILES string of the molecule is C1=CC2=CC=C3C(c4c(ccc5ccccc45)N3c3cccc(-c4cc(-c5ccccc5)nc(-c5cccc(-c6ccccc6)c5)n4)c3)C2C=C1. The number of aromatic nitrogens is 2. The summed E-state index contributed by atoms with van der Waals surface area (Å²) in [5.41, 5.74) is 13.6. The van der Waals surface area contributed by atoms with Gasteiger partial charge in [-0.2, -0.15) is 0 Å². The predicted molar refractivity (Wildman–Crippen MR) is 211 cm³/mol. The Labute approximate surface area is 297 Å². The third kappa shape index (κ3) is 5.05. The van der Waals surface area contributed by atoms with Crippen molar-refractivity contribution in [1.82, 2.24) is 9.97 Å². The molecule has 0 saturated carbocycles. The van der Waals surface area contributed by atoms with Crippen LogP contribution in [0.3, 0.4) is 0 Å². The molecule has 10 rings (SSSR count). The molecule has 2 atom stereocenters. The van der Waals surface area contributed by atoms with E-state index in [1.54, 1.807) is 0 Å². The molecule has 0 spiro atoms. The molecule has 1 aromatic heterocycles. The highest BCUT2D eigenvalue weighted by Gasteiger charge is 2.42. The Morgan fingerprint density at radius 2 is 1.22 bits per heavy atom. The van der Waals surface area contributed by atoms with Crippen LogP contribution in [0.15, 0.2) is 199 Å². The first kappa shape index (κ1) is 29.3. The molecule has 3 nitrogen and oxygen atoms in total. The van der Waals surface area contributed by atoms with Crippen molar-refractivity contribution < 1.29 is 0 Å². The summed E-state index contributed by atoms with van der Waals surface area (Å²) in [4.78, 5) is 12.9. The maximum absolute atomic E-state index is 5.25. The van der Waals surface area contributed by atoms with Crippen molar-refractivity contribution in [2.24, 2.45) is 5.92 Å². The molecule has 3 aliphatic rings. The lowest BCUT2D eigenvalue weighted by Gasteiger charge is -2.31. The number of nitrogens with zero attached hydrogens (tertiary/aromatic N) is 3. The number of hydrogen-bond acceptors (Lipinski definition) is 3. The Kier molecular flexibility index (Phi) is 6.95. The molecule has 0 saturated heterocycles. The van der Waals surface area contributed by atoms with Gasteiger partial charge in [0.2, 0.25) is 0 Å². The van der Waals surface area contributed by atoms with E-state index >= 15 is 0 Å². The number of allylic oxidation sites excluding steroid dienone is 8. The molecule has 6 aromatic carbocycles. The van der Waals surface area contributed by atoms with Crippen molar-refractivity contribution in [2.45, 2.75) is 5.92 Å².